The molecule has 1 saturated heterocycles. The highest BCUT2D eigenvalue weighted by Crippen LogP contribution is 2.21. The summed E-state index contributed by atoms with van der Waals surface area (Å²) in [7, 11) is 0. The van der Waals surface area contributed by atoms with Crippen molar-refractivity contribution >= 4 is 59.2 Å². The van der Waals surface area contributed by atoms with E-state index in [0.29, 0.717) is 25.7 Å². The first-order valence-corrected chi connectivity index (χ1v) is 26.8. The largest absolute Gasteiger partial charge is 0.481 e. The molecule has 1 fully saturated rings. The number of rotatable bonds is 39. The molecule has 13 N–H and O–H groups in total. The Morgan fingerprint density at radius 1 is 0.581 bits per heavy atom. The number of likely N-dealkylation sites (tertiary alicyclic amines) is 1. The number of nitrogens with two attached hydrogens (primary N) is 1. The summed E-state index contributed by atoms with van der Waals surface area (Å²) in [4.78, 5) is 133. The predicted octanol–water partition coefficient (Wildman–Crippen LogP) is 1.25. The van der Waals surface area contributed by atoms with Crippen LogP contribution in [0.5, 0.6) is 0 Å². The van der Waals surface area contributed by atoms with Gasteiger partial charge in [-0.2, -0.15) is 0 Å². The van der Waals surface area contributed by atoms with Gasteiger partial charge in [-0.25, -0.2) is 4.79 Å². The SMILES string of the molecule is CCCCCCCCCCCCCC(=O)N[C@@H](CCC(=O)O)C(=O)N[C@@H](C)C(=O)N[C@H](C(=O)N[C@@H](CO)C(=O)N[C@@H](CC(C)C)C(=O)N[C@@H](CCCCN)C(=O)N1CCC[C@H]1C(=O)N[C@H](C(=O)O)[C@@H](C)O)C(C)C. The molecular weight excluding hydrogens is 963 g/mol. The molecule has 0 bridgehead atoms. The summed E-state index contributed by atoms with van der Waals surface area (Å²) in [5.74, 6) is -9.57. The summed E-state index contributed by atoms with van der Waals surface area (Å²) in [6, 6.07) is -10.7. The van der Waals surface area contributed by atoms with Crippen molar-refractivity contribution in [3.8, 4) is 0 Å². The van der Waals surface area contributed by atoms with Crippen LogP contribution in [-0.4, -0.2) is 159 Å². The second-order valence-electron chi connectivity index (χ2n) is 20.3. The Morgan fingerprint density at radius 3 is 1.66 bits per heavy atom. The van der Waals surface area contributed by atoms with E-state index in [1.807, 2.05) is 0 Å². The summed E-state index contributed by atoms with van der Waals surface area (Å²) >= 11 is 0. The topological polar surface area (TPSA) is 365 Å². The van der Waals surface area contributed by atoms with Crippen LogP contribution >= 0.6 is 0 Å². The van der Waals surface area contributed by atoms with Crippen LogP contribution < -0.4 is 43.0 Å². The van der Waals surface area contributed by atoms with Gasteiger partial charge >= 0.3 is 11.9 Å². The maximum atomic E-state index is 14.1. The maximum Gasteiger partial charge on any atom is 0.328 e. The van der Waals surface area contributed by atoms with Crippen LogP contribution in [0, 0.1) is 11.8 Å². The number of nitrogens with one attached hydrogen (secondary N) is 7. The Balaban J connectivity index is 3.04. The molecule has 9 atom stereocenters. The fourth-order valence-corrected chi connectivity index (χ4v) is 8.54. The normalized spacial score (nSPS) is 16.6. The minimum atomic E-state index is -1.63. The van der Waals surface area contributed by atoms with Gasteiger partial charge in [-0.1, -0.05) is 98.8 Å². The number of carboxylic acid groups (broad SMARTS) is 2. The number of carbonyl (C=O) groups excluding carboxylic acids is 8. The number of aliphatic hydroxyl groups is 2. The molecule has 1 aliphatic heterocycles. The second-order valence-corrected chi connectivity index (χ2v) is 20.3. The first kappa shape index (κ1) is 66.6. The van der Waals surface area contributed by atoms with Crippen molar-refractivity contribution in [1.82, 2.24) is 42.1 Å². The van der Waals surface area contributed by atoms with Crippen LogP contribution in [0.1, 0.15) is 177 Å². The fourth-order valence-electron chi connectivity index (χ4n) is 8.54. The van der Waals surface area contributed by atoms with Crippen molar-refractivity contribution in [1.29, 1.82) is 0 Å². The van der Waals surface area contributed by atoms with Crippen LogP contribution in [0.15, 0.2) is 0 Å². The number of aliphatic hydroxyl groups excluding tert-OH is 2. The van der Waals surface area contributed by atoms with Gasteiger partial charge in [0.25, 0.3) is 0 Å². The quantitative estimate of drug-likeness (QED) is 0.0386. The number of amides is 8. The Kier molecular flexibility index (Phi) is 32.9. The van der Waals surface area contributed by atoms with Gasteiger partial charge in [-0.3, -0.25) is 43.2 Å². The van der Waals surface area contributed by atoms with E-state index in [2.05, 4.69) is 44.1 Å². The fraction of sp³-hybridized carbons (Fsp3) is 0.804. The van der Waals surface area contributed by atoms with Gasteiger partial charge in [0.1, 0.15) is 42.3 Å². The van der Waals surface area contributed by atoms with Crippen molar-refractivity contribution in [3.05, 3.63) is 0 Å². The molecule has 8 amide bonds. The first-order chi connectivity index (χ1) is 35.0. The van der Waals surface area contributed by atoms with E-state index in [1.165, 1.54) is 57.3 Å². The maximum absolute atomic E-state index is 14.1. The number of nitrogens with zero attached hydrogens (tertiary/aromatic N) is 1. The highest BCUT2D eigenvalue weighted by Gasteiger charge is 2.40. The molecule has 0 aromatic carbocycles. The molecule has 0 radical (unpaired) electrons. The third-order valence-corrected chi connectivity index (χ3v) is 12.9. The molecule has 0 unspecified atom stereocenters. The molecule has 74 heavy (non-hydrogen) atoms. The Hall–Kier alpha value is -5.42. The van der Waals surface area contributed by atoms with E-state index < -0.39 is 133 Å². The van der Waals surface area contributed by atoms with Crippen molar-refractivity contribution in [3.63, 3.8) is 0 Å². The number of unbranched alkanes of at least 4 members (excludes halogenated alkanes) is 11. The van der Waals surface area contributed by atoms with Crippen molar-refractivity contribution in [2.45, 2.75) is 231 Å². The highest BCUT2D eigenvalue weighted by molar-refractivity contribution is 5.98. The van der Waals surface area contributed by atoms with Crippen LogP contribution in [0.25, 0.3) is 0 Å². The zero-order valence-electron chi connectivity index (χ0n) is 45.0. The van der Waals surface area contributed by atoms with E-state index in [9.17, 15) is 68.4 Å². The van der Waals surface area contributed by atoms with Crippen LogP contribution in [0.4, 0.5) is 0 Å². The lowest BCUT2D eigenvalue weighted by Crippen LogP contribution is -2.61. The highest BCUT2D eigenvalue weighted by atomic mass is 16.4. The Labute approximate surface area is 437 Å². The number of hydrogen-bond donors (Lipinski definition) is 12. The van der Waals surface area contributed by atoms with Gasteiger partial charge in [0.05, 0.1) is 12.7 Å². The molecule has 0 aromatic heterocycles. The van der Waals surface area contributed by atoms with E-state index in [4.69, 9.17) is 5.73 Å². The van der Waals surface area contributed by atoms with Crippen LogP contribution in [0.3, 0.4) is 0 Å². The first-order valence-electron chi connectivity index (χ1n) is 26.8. The van der Waals surface area contributed by atoms with E-state index in [0.717, 1.165) is 25.7 Å². The monoisotopic (exact) mass is 1050 g/mol. The molecular formula is C51H91N9O14. The molecule has 0 aliphatic carbocycles. The summed E-state index contributed by atoms with van der Waals surface area (Å²) in [6.45, 7) is 10.9. The minimum Gasteiger partial charge on any atom is -0.481 e. The summed E-state index contributed by atoms with van der Waals surface area (Å²) < 4.78 is 0. The molecule has 1 rings (SSSR count). The average Bonchev–Trinajstić information content (AvgIpc) is 3.83. The molecule has 424 valence electrons. The molecule has 1 heterocycles. The number of carbonyl (C=O) groups is 10. The van der Waals surface area contributed by atoms with Crippen LogP contribution in [-0.2, 0) is 47.9 Å². The van der Waals surface area contributed by atoms with E-state index in [1.54, 1.807) is 27.7 Å². The average molecular weight is 1050 g/mol. The van der Waals surface area contributed by atoms with Crippen molar-refractivity contribution < 1.29 is 68.4 Å². The van der Waals surface area contributed by atoms with Gasteiger partial charge in [-0.05, 0) is 83.6 Å². The number of hydrogen-bond acceptors (Lipinski definition) is 13. The Bertz CT molecular complexity index is 1800. The minimum absolute atomic E-state index is 0.0482. The van der Waals surface area contributed by atoms with E-state index >= 15 is 0 Å². The standard InChI is InChI=1S/C51H91N9O14/c1-8-9-10-11-12-13-14-15-16-17-18-24-40(63)54-35(25-26-41(64)65)45(67)53-33(6)44(66)58-42(32(4)5)49(71)57-38(30-61)47(69)56-37(29-31(2)3)46(68)55-36(22-19-20-27-52)50(72)60-28-21-23-39(60)48(70)59-43(34(7)62)51(73)74/h31-39,42-43,61-62H,8-30,52H2,1-7H3,(H,53,67)(H,54,63)(H,55,68)(H,56,69)(H,57,71)(H,58,66)(H,59,70)(H,64,65)(H,73,74)/t33-,34+,35-,36-,37-,38-,39-,42-,43-/m0/s1. The lowest BCUT2D eigenvalue weighted by molar-refractivity contribution is -0.147. The third-order valence-electron chi connectivity index (χ3n) is 12.9. The smallest absolute Gasteiger partial charge is 0.328 e. The van der Waals surface area contributed by atoms with Crippen molar-refractivity contribution in [2.24, 2.45) is 17.6 Å². The summed E-state index contributed by atoms with van der Waals surface area (Å²) in [5, 5.41) is 56.6. The van der Waals surface area contributed by atoms with Gasteiger partial charge in [0.15, 0.2) is 6.04 Å². The second kappa shape index (κ2) is 36.5. The van der Waals surface area contributed by atoms with Gasteiger partial charge in [0, 0.05) is 19.4 Å². The van der Waals surface area contributed by atoms with Gasteiger partial charge in [0.2, 0.25) is 47.3 Å². The summed E-state index contributed by atoms with van der Waals surface area (Å²) in [6.07, 6.45) is 11.7. The lowest BCUT2D eigenvalue weighted by Gasteiger charge is -2.31. The lowest BCUT2D eigenvalue weighted by atomic mass is 10.0. The van der Waals surface area contributed by atoms with E-state index in [-0.39, 0.29) is 51.1 Å². The zero-order chi connectivity index (χ0) is 55.9. The molecule has 0 spiro atoms. The predicted molar refractivity (Wildman–Crippen MR) is 275 cm³/mol. The van der Waals surface area contributed by atoms with Crippen LogP contribution in [0.2, 0.25) is 0 Å². The Morgan fingerprint density at radius 2 is 1.14 bits per heavy atom. The van der Waals surface area contributed by atoms with Gasteiger partial charge in [-0.15, -0.1) is 0 Å². The molecule has 23 nitrogen and oxygen atoms in total. The molecule has 23 heteroatoms. The summed E-state index contributed by atoms with van der Waals surface area (Å²) in [5.41, 5.74) is 5.70. The number of aliphatic carboxylic acids is 2. The number of carboxylic acids is 2. The third kappa shape index (κ3) is 25.7. The zero-order valence-corrected chi connectivity index (χ0v) is 45.0. The van der Waals surface area contributed by atoms with Crippen molar-refractivity contribution in [2.75, 3.05) is 19.7 Å². The molecule has 1 aliphatic rings. The molecule has 0 saturated carbocycles. The molecule has 0 aromatic rings. The van der Waals surface area contributed by atoms with Gasteiger partial charge < -0.3 is 68.3 Å².